The second-order valence-electron chi connectivity index (χ2n) is 6.28. The van der Waals surface area contributed by atoms with E-state index >= 15 is 0 Å². The van der Waals surface area contributed by atoms with Gasteiger partial charge in [0.2, 0.25) is 0 Å². The van der Waals surface area contributed by atoms with E-state index in [2.05, 4.69) is 22.1 Å². The summed E-state index contributed by atoms with van der Waals surface area (Å²) in [6.45, 7) is 5.17. The largest absolute Gasteiger partial charge is 0.350 e. The Kier molecular flexibility index (Phi) is 3.35. The fraction of sp³-hybridized carbons (Fsp3) is 0.667. The van der Waals surface area contributed by atoms with Crippen molar-refractivity contribution in [3.05, 3.63) is 24.0 Å². The number of carbonyl (C=O) groups excluding carboxylic acids is 1. The van der Waals surface area contributed by atoms with Gasteiger partial charge in [-0.3, -0.25) is 4.79 Å². The highest BCUT2D eigenvalue weighted by Crippen LogP contribution is 2.36. The van der Waals surface area contributed by atoms with Gasteiger partial charge >= 0.3 is 0 Å². The van der Waals surface area contributed by atoms with Crippen LogP contribution >= 0.6 is 0 Å². The van der Waals surface area contributed by atoms with E-state index < -0.39 is 0 Å². The van der Waals surface area contributed by atoms with E-state index in [-0.39, 0.29) is 11.3 Å². The topological polar surface area (TPSA) is 46.1 Å². The molecule has 0 unspecified atom stereocenters. The number of nitrogens with zero attached hydrogens (tertiary/aromatic N) is 1. The Morgan fingerprint density at radius 2 is 2.21 bits per heavy atom. The van der Waals surface area contributed by atoms with Crippen LogP contribution in [0.4, 0.5) is 0 Å². The second-order valence-corrected chi connectivity index (χ2v) is 6.28. The Balaban J connectivity index is 1.60. The Labute approximate surface area is 114 Å². The second kappa shape index (κ2) is 5.00. The molecule has 2 fully saturated rings. The normalized spacial score (nSPS) is 22.2. The molecule has 0 spiro atoms. The van der Waals surface area contributed by atoms with Gasteiger partial charge in [0.1, 0.15) is 5.69 Å². The third-order valence-electron chi connectivity index (χ3n) is 4.44. The predicted octanol–water partition coefficient (Wildman–Crippen LogP) is 1.94. The molecular formula is C15H23N3O. The van der Waals surface area contributed by atoms with Crippen molar-refractivity contribution in [1.82, 2.24) is 15.2 Å². The number of hydrogen-bond acceptors (Lipinski definition) is 2. The average molecular weight is 261 g/mol. The molecule has 1 aromatic rings. The van der Waals surface area contributed by atoms with Crippen molar-refractivity contribution >= 4 is 5.91 Å². The number of hydrogen-bond donors (Lipinski definition) is 2. The molecule has 0 bridgehead atoms. The number of rotatable bonds is 4. The molecule has 1 aliphatic carbocycles. The van der Waals surface area contributed by atoms with Crippen LogP contribution in [0.2, 0.25) is 0 Å². The summed E-state index contributed by atoms with van der Waals surface area (Å²) < 4.78 is 2.13. The van der Waals surface area contributed by atoms with Crippen molar-refractivity contribution in [2.24, 2.45) is 5.41 Å². The molecule has 1 aliphatic heterocycles. The lowest BCUT2D eigenvalue weighted by Gasteiger charge is -2.34. The van der Waals surface area contributed by atoms with Gasteiger partial charge < -0.3 is 15.2 Å². The number of nitrogens with one attached hydrogen (secondary N) is 2. The maximum absolute atomic E-state index is 12.3. The van der Waals surface area contributed by atoms with Crippen molar-refractivity contribution in [3.63, 3.8) is 0 Å². The van der Waals surface area contributed by atoms with Gasteiger partial charge in [0, 0.05) is 18.8 Å². The van der Waals surface area contributed by atoms with Gasteiger partial charge in [-0.2, -0.15) is 0 Å². The van der Waals surface area contributed by atoms with E-state index in [1.165, 1.54) is 12.8 Å². The molecule has 0 radical (unpaired) electrons. The molecular weight excluding hydrogens is 238 g/mol. The molecule has 1 saturated carbocycles. The molecule has 1 amide bonds. The first kappa shape index (κ1) is 12.7. The van der Waals surface area contributed by atoms with Crippen LogP contribution in [-0.4, -0.2) is 30.1 Å². The quantitative estimate of drug-likeness (QED) is 0.870. The fourth-order valence-electron chi connectivity index (χ4n) is 2.85. The minimum atomic E-state index is 0.0802. The number of carbonyl (C=O) groups is 1. The first-order chi connectivity index (χ1) is 9.18. The van der Waals surface area contributed by atoms with E-state index in [0.717, 1.165) is 38.2 Å². The molecule has 4 heteroatoms. The summed E-state index contributed by atoms with van der Waals surface area (Å²) in [6, 6.07) is 4.46. The first-order valence-electron chi connectivity index (χ1n) is 7.34. The molecule has 1 saturated heterocycles. The lowest BCUT2D eigenvalue weighted by molar-refractivity contribution is 0.0912. The third-order valence-corrected chi connectivity index (χ3v) is 4.44. The van der Waals surface area contributed by atoms with Crippen molar-refractivity contribution < 1.29 is 4.79 Å². The zero-order valence-corrected chi connectivity index (χ0v) is 11.6. The van der Waals surface area contributed by atoms with E-state index in [4.69, 9.17) is 0 Å². The van der Waals surface area contributed by atoms with E-state index in [9.17, 15) is 4.79 Å². The summed E-state index contributed by atoms with van der Waals surface area (Å²) in [5.41, 5.74) is 1.07. The van der Waals surface area contributed by atoms with Gasteiger partial charge in [-0.25, -0.2) is 0 Å². The SMILES string of the molecule is CC1(CNC(=O)c2cccn2C2CC2)CCNCC1. The standard InChI is InChI=1S/C15H23N3O/c1-15(6-8-16-9-7-15)11-17-14(19)13-3-2-10-18(13)12-4-5-12/h2-3,10,12,16H,4-9,11H2,1H3,(H,17,19). The van der Waals surface area contributed by atoms with Crippen LogP contribution in [0.1, 0.15) is 49.1 Å². The van der Waals surface area contributed by atoms with Gasteiger partial charge in [-0.05, 0) is 56.3 Å². The number of piperidine rings is 1. The van der Waals surface area contributed by atoms with Crippen LogP contribution < -0.4 is 10.6 Å². The maximum atomic E-state index is 12.3. The summed E-state index contributed by atoms with van der Waals surface area (Å²) >= 11 is 0. The van der Waals surface area contributed by atoms with Gasteiger partial charge in [0.25, 0.3) is 5.91 Å². The van der Waals surface area contributed by atoms with Gasteiger partial charge in [0.15, 0.2) is 0 Å². The third kappa shape index (κ3) is 2.84. The Morgan fingerprint density at radius 1 is 1.47 bits per heavy atom. The summed E-state index contributed by atoms with van der Waals surface area (Å²) in [5.74, 6) is 0.0802. The van der Waals surface area contributed by atoms with Crippen molar-refractivity contribution in [2.45, 2.75) is 38.6 Å². The van der Waals surface area contributed by atoms with Crippen LogP contribution in [0.25, 0.3) is 0 Å². The van der Waals surface area contributed by atoms with Gasteiger partial charge in [-0.15, -0.1) is 0 Å². The van der Waals surface area contributed by atoms with Crippen LogP contribution in [0.3, 0.4) is 0 Å². The number of aromatic nitrogens is 1. The van der Waals surface area contributed by atoms with E-state index in [1.807, 2.05) is 18.3 Å². The minimum absolute atomic E-state index is 0.0802. The molecule has 4 nitrogen and oxygen atoms in total. The zero-order chi connectivity index (χ0) is 13.3. The summed E-state index contributed by atoms with van der Waals surface area (Å²) in [5, 5.41) is 6.50. The molecule has 19 heavy (non-hydrogen) atoms. The fourth-order valence-corrected chi connectivity index (χ4v) is 2.85. The lowest BCUT2D eigenvalue weighted by atomic mass is 9.81. The minimum Gasteiger partial charge on any atom is -0.350 e. The van der Waals surface area contributed by atoms with Gasteiger partial charge in [-0.1, -0.05) is 6.92 Å². The monoisotopic (exact) mass is 261 g/mol. The Hall–Kier alpha value is -1.29. The smallest absolute Gasteiger partial charge is 0.267 e. The van der Waals surface area contributed by atoms with E-state index in [0.29, 0.717) is 6.04 Å². The Morgan fingerprint density at radius 3 is 2.89 bits per heavy atom. The van der Waals surface area contributed by atoms with E-state index in [1.54, 1.807) is 0 Å². The highest BCUT2D eigenvalue weighted by atomic mass is 16.1. The molecule has 2 N–H and O–H groups in total. The van der Waals surface area contributed by atoms with Crippen LogP contribution in [0.5, 0.6) is 0 Å². The van der Waals surface area contributed by atoms with Crippen molar-refractivity contribution in [2.75, 3.05) is 19.6 Å². The zero-order valence-electron chi connectivity index (χ0n) is 11.6. The summed E-state index contributed by atoms with van der Waals surface area (Å²) in [4.78, 5) is 12.3. The number of amides is 1. The summed E-state index contributed by atoms with van der Waals surface area (Å²) in [6.07, 6.45) is 6.71. The molecule has 0 aromatic carbocycles. The first-order valence-corrected chi connectivity index (χ1v) is 7.34. The predicted molar refractivity (Wildman–Crippen MR) is 75.2 cm³/mol. The molecule has 3 rings (SSSR count). The molecule has 0 atom stereocenters. The molecule has 2 heterocycles. The van der Waals surface area contributed by atoms with Gasteiger partial charge in [0.05, 0.1) is 0 Å². The van der Waals surface area contributed by atoms with Crippen LogP contribution in [0, 0.1) is 5.41 Å². The summed E-state index contributed by atoms with van der Waals surface area (Å²) in [7, 11) is 0. The molecule has 1 aromatic heterocycles. The average Bonchev–Trinajstić information content (AvgIpc) is 3.14. The van der Waals surface area contributed by atoms with Crippen molar-refractivity contribution in [1.29, 1.82) is 0 Å². The highest BCUT2D eigenvalue weighted by Gasteiger charge is 2.29. The highest BCUT2D eigenvalue weighted by molar-refractivity contribution is 5.92. The van der Waals surface area contributed by atoms with Crippen molar-refractivity contribution in [3.8, 4) is 0 Å². The molecule has 104 valence electrons. The Bertz CT molecular complexity index is 456. The van der Waals surface area contributed by atoms with Crippen LogP contribution in [0.15, 0.2) is 18.3 Å². The molecule has 2 aliphatic rings. The van der Waals surface area contributed by atoms with Crippen LogP contribution in [-0.2, 0) is 0 Å². The maximum Gasteiger partial charge on any atom is 0.267 e. The lowest BCUT2D eigenvalue weighted by Crippen LogP contribution is -2.43.